The molecule has 1 amide bonds. The second kappa shape index (κ2) is 16.7. The van der Waals surface area contributed by atoms with Crippen LogP contribution in [-0.2, 0) is 42.9 Å². The second-order valence-corrected chi connectivity index (χ2v) is 17.4. The largest absolute Gasteiger partial charge is 0.456 e. The highest BCUT2D eigenvalue weighted by Gasteiger charge is 2.80. The van der Waals surface area contributed by atoms with E-state index in [4.69, 9.17) is 23.7 Å². The molecule has 3 fully saturated rings. The number of hydrogen-bond acceptors (Lipinski definition) is 14. The number of nitrogens with one attached hydrogen (secondary N) is 1. The number of amides is 1. The van der Waals surface area contributed by atoms with Crippen LogP contribution in [0.15, 0.2) is 102 Å². The second-order valence-electron chi connectivity index (χ2n) is 17.4. The molecule has 3 aromatic rings. The zero-order chi connectivity index (χ0) is 45.8. The molecule has 4 aliphatic rings. The molecule has 16 heteroatoms. The van der Waals surface area contributed by atoms with Crippen LogP contribution in [0.25, 0.3) is 0 Å². The van der Waals surface area contributed by atoms with Gasteiger partial charge in [0.2, 0.25) is 0 Å². The summed E-state index contributed by atoms with van der Waals surface area (Å²) in [7, 11) is 0. The van der Waals surface area contributed by atoms with Crippen LogP contribution in [0.2, 0.25) is 0 Å². The number of ether oxygens (including phenoxy) is 5. The van der Waals surface area contributed by atoms with Gasteiger partial charge in [-0.2, -0.15) is 0 Å². The predicted octanol–water partition coefficient (Wildman–Crippen LogP) is 3.68. The lowest BCUT2D eigenvalue weighted by atomic mass is 9.44. The van der Waals surface area contributed by atoms with Gasteiger partial charge in [-0.25, -0.2) is 14.0 Å². The molecular formula is C47H50FNO14. The third-order valence-corrected chi connectivity index (χ3v) is 13.5. The molecular weight excluding hydrogens is 822 g/mol. The highest BCUT2D eigenvalue weighted by atomic mass is 19.1. The third kappa shape index (κ3) is 7.41. The molecule has 3 aliphatic carbocycles. The highest BCUT2D eigenvalue weighted by molar-refractivity contribution is 5.96. The maximum Gasteiger partial charge on any atom is 0.338 e. The number of hydrogen-bond donors (Lipinski definition) is 4. The fourth-order valence-corrected chi connectivity index (χ4v) is 10.2. The normalized spacial score (nSPS) is 32.7. The average molecular weight is 872 g/mol. The fraction of sp³-hybridized carbons (Fsp3) is 0.447. The molecule has 0 aromatic heterocycles. The molecule has 0 unspecified atom stereocenters. The molecule has 2 saturated carbocycles. The minimum Gasteiger partial charge on any atom is -0.456 e. The molecule has 2 bridgehead atoms. The van der Waals surface area contributed by atoms with Gasteiger partial charge in [0, 0.05) is 31.2 Å². The Labute approximate surface area is 362 Å². The van der Waals surface area contributed by atoms with Crippen molar-refractivity contribution >= 4 is 35.6 Å². The van der Waals surface area contributed by atoms with Gasteiger partial charge >= 0.3 is 23.9 Å². The van der Waals surface area contributed by atoms with Gasteiger partial charge in [-0.3, -0.25) is 19.2 Å². The quantitative estimate of drug-likeness (QED) is 0.130. The molecule has 7 rings (SSSR count). The van der Waals surface area contributed by atoms with Gasteiger partial charge in [-0.15, -0.1) is 0 Å². The number of carbonyl (C=O) groups excluding carboxylic acids is 6. The van der Waals surface area contributed by atoms with Crippen molar-refractivity contribution < 1.29 is 72.2 Å². The first-order valence-electron chi connectivity index (χ1n) is 20.5. The van der Waals surface area contributed by atoms with Gasteiger partial charge < -0.3 is 44.3 Å². The smallest absolute Gasteiger partial charge is 0.338 e. The van der Waals surface area contributed by atoms with Crippen molar-refractivity contribution in [3.8, 4) is 0 Å². The van der Waals surface area contributed by atoms with Crippen molar-refractivity contribution in [1.82, 2.24) is 5.32 Å². The number of benzene rings is 3. The molecule has 1 saturated heterocycles. The minimum absolute atomic E-state index is 0.00665. The van der Waals surface area contributed by atoms with E-state index in [0.717, 1.165) is 13.8 Å². The van der Waals surface area contributed by atoms with E-state index in [1.54, 1.807) is 78.9 Å². The van der Waals surface area contributed by atoms with E-state index in [-0.39, 0.29) is 22.3 Å². The van der Waals surface area contributed by atoms with Crippen LogP contribution in [0.3, 0.4) is 0 Å². The lowest BCUT2D eigenvalue weighted by Crippen LogP contribution is -2.84. The summed E-state index contributed by atoms with van der Waals surface area (Å²) in [6, 6.07) is 22.4. The zero-order valence-electron chi connectivity index (χ0n) is 35.5. The van der Waals surface area contributed by atoms with Crippen LogP contribution < -0.4 is 5.32 Å². The van der Waals surface area contributed by atoms with E-state index in [1.807, 2.05) is 0 Å². The van der Waals surface area contributed by atoms with Gasteiger partial charge in [-0.05, 0) is 54.8 Å². The van der Waals surface area contributed by atoms with E-state index in [2.05, 4.69) is 5.32 Å². The molecule has 63 heavy (non-hydrogen) atoms. The fourth-order valence-electron chi connectivity index (χ4n) is 10.2. The van der Waals surface area contributed by atoms with Gasteiger partial charge in [0.05, 0.1) is 29.5 Å². The van der Waals surface area contributed by atoms with Gasteiger partial charge in [0.1, 0.15) is 30.0 Å². The number of fused-ring (bicyclic) bond motifs is 5. The first kappa shape index (κ1) is 45.2. The van der Waals surface area contributed by atoms with Crippen LogP contribution in [0.1, 0.15) is 80.3 Å². The molecule has 15 nitrogen and oxygen atoms in total. The Kier molecular flexibility index (Phi) is 12.0. The summed E-state index contributed by atoms with van der Waals surface area (Å²) in [6.07, 6.45) is -14.7. The van der Waals surface area contributed by atoms with Crippen LogP contribution >= 0.6 is 0 Å². The third-order valence-electron chi connectivity index (χ3n) is 13.5. The topological polar surface area (TPSA) is 221 Å². The minimum atomic E-state index is -2.52. The van der Waals surface area contributed by atoms with E-state index < -0.39 is 125 Å². The molecule has 334 valence electrons. The van der Waals surface area contributed by atoms with Gasteiger partial charge in [-0.1, -0.05) is 80.6 Å². The summed E-state index contributed by atoms with van der Waals surface area (Å²) in [6.45, 7) is 7.09. The molecule has 12 atom stereocenters. The van der Waals surface area contributed by atoms with Crippen molar-refractivity contribution in [3.05, 3.63) is 119 Å². The molecule has 1 heterocycles. The molecule has 0 spiro atoms. The number of aliphatic hydroxyl groups is 3. The van der Waals surface area contributed by atoms with Crippen molar-refractivity contribution in [2.75, 3.05) is 6.61 Å². The number of aliphatic hydroxyl groups excluding tert-OH is 2. The van der Waals surface area contributed by atoms with Gasteiger partial charge in [0.25, 0.3) is 5.91 Å². The Morgan fingerprint density at radius 1 is 0.841 bits per heavy atom. The number of ketones is 1. The Morgan fingerprint density at radius 3 is 1.95 bits per heavy atom. The number of esters is 4. The van der Waals surface area contributed by atoms with Crippen molar-refractivity contribution in [3.63, 3.8) is 0 Å². The van der Waals surface area contributed by atoms with E-state index in [9.17, 15) is 39.3 Å². The first-order chi connectivity index (χ1) is 29.7. The number of alkyl halides is 1. The summed E-state index contributed by atoms with van der Waals surface area (Å²) < 4.78 is 46.2. The lowest BCUT2D eigenvalue weighted by molar-refractivity contribution is -0.361. The summed E-state index contributed by atoms with van der Waals surface area (Å²) in [5, 5.41) is 40.1. The van der Waals surface area contributed by atoms with E-state index in [1.165, 1.54) is 39.8 Å². The summed E-state index contributed by atoms with van der Waals surface area (Å²) >= 11 is 0. The zero-order valence-corrected chi connectivity index (χ0v) is 35.5. The monoisotopic (exact) mass is 871 g/mol. The van der Waals surface area contributed by atoms with Crippen LogP contribution in [-0.4, -0.2) is 111 Å². The van der Waals surface area contributed by atoms with E-state index >= 15 is 9.18 Å². The number of carbonyl (C=O) groups is 6. The average Bonchev–Trinajstić information content (AvgIpc) is 3.24. The Hall–Kier alpha value is -5.81. The summed E-state index contributed by atoms with van der Waals surface area (Å²) in [5.74, 6) is -7.78. The molecule has 4 N–H and O–H groups in total. The standard InChI is InChI=1S/C47H50FNO14/c1-24-30(61-43(57)34(52)33(27-16-10-7-11-17-27)49-41(55)28-18-12-8-13-19-28)22-47(58)40(62-42(56)29-20-14-9-15-21-29)36-45(6,38(54)35(60-25(2)50)31(24)44(47,4)5)37(53)32(48)39-46(36,23-59-39)63-26(3)51/h7-21,30,32-37,39-40,52-53,58H,22-23H2,1-6H3,(H,49,55)/t30-,32-,33-,34+,35+,36-,37-,39+,40-,45-,46+,47+/m0/s1. The molecule has 3 aromatic carbocycles. The van der Waals surface area contributed by atoms with Crippen molar-refractivity contribution in [1.29, 1.82) is 0 Å². The number of rotatable bonds is 10. The molecule has 1 aliphatic heterocycles. The van der Waals surface area contributed by atoms with E-state index in [0.29, 0.717) is 5.56 Å². The number of halogens is 1. The van der Waals surface area contributed by atoms with Crippen LogP contribution in [0, 0.1) is 16.7 Å². The highest BCUT2D eigenvalue weighted by Crippen LogP contribution is 2.65. The maximum absolute atomic E-state index is 16.6. The van der Waals surface area contributed by atoms with Crippen LogP contribution in [0.5, 0.6) is 0 Å². The number of Topliss-reactive ketones (excluding diaryl/α,β-unsaturated/α-hetero) is 1. The predicted molar refractivity (Wildman–Crippen MR) is 218 cm³/mol. The van der Waals surface area contributed by atoms with Crippen molar-refractivity contribution in [2.45, 2.75) is 108 Å². The molecule has 0 radical (unpaired) electrons. The maximum atomic E-state index is 16.6. The Balaban J connectivity index is 1.40. The summed E-state index contributed by atoms with van der Waals surface area (Å²) in [4.78, 5) is 83.4. The first-order valence-corrected chi connectivity index (χ1v) is 20.5. The SMILES string of the molecule is CC(=O)O[C@H]1C(=O)[C@@]2(C)[C@H]([C@H](OC(=O)c3ccccc3)[C@]3(O)C[C@H](OC(=O)[C@H](O)[C@@H](NC(=O)c4ccccc4)c4ccccc4)C(C)=C1C3(C)C)[C@]1(OC(C)=O)CO[C@@H]1[C@@H](F)[C@@H]2O. The van der Waals surface area contributed by atoms with Crippen molar-refractivity contribution in [2.24, 2.45) is 16.7 Å². The Morgan fingerprint density at radius 2 is 1.41 bits per heavy atom. The Bertz CT molecular complexity index is 2320. The van der Waals surface area contributed by atoms with Gasteiger partial charge in [0.15, 0.2) is 29.8 Å². The van der Waals surface area contributed by atoms with Crippen LogP contribution in [0.4, 0.5) is 4.39 Å². The lowest BCUT2D eigenvalue weighted by Gasteiger charge is -2.67. The summed E-state index contributed by atoms with van der Waals surface area (Å²) in [5.41, 5.74) is -8.41.